The first-order valence-corrected chi connectivity index (χ1v) is 8.44. The molecule has 0 bridgehead atoms. The Morgan fingerprint density at radius 2 is 2.20 bits per heavy atom. The Balaban J connectivity index is 0.00000196. The molecule has 4 heteroatoms. The zero-order valence-electron chi connectivity index (χ0n) is 14.4. The van der Waals surface area contributed by atoms with Gasteiger partial charge in [0.2, 0.25) is 0 Å². The quantitative estimate of drug-likeness (QED) is 0.700. The summed E-state index contributed by atoms with van der Waals surface area (Å²) < 4.78 is 0. The highest BCUT2D eigenvalue weighted by Crippen LogP contribution is 2.33. The van der Waals surface area contributed by atoms with Crippen molar-refractivity contribution >= 4 is 22.0 Å². The fourth-order valence-corrected chi connectivity index (χ4v) is 3.30. The molecule has 1 aliphatic carbocycles. The molecule has 0 fully saturated rings. The number of H-pyrrole nitrogens is 1. The summed E-state index contributed by atoms with van der Waals surface area (Å²) >= 11 is 0. The molecule has 126 valence electrons. The Morgan fingerprint density at radius 3 is 3.04 bits per heavy atom. The number of nitrogens with zero attached hydrogens (tertiary/aromatic N) is 2. The lowest BCUT2D eigenvalue weighted by molar-refractivity contribution is 1.08. The van der Waals surface area contributed by atoms with E-state index in [1.54, 1.807) is 0 Å². The second-order valence-corrected chi connectivity index (χ2v) is 6.07. The molecule has 4 nitrogen and oxygen atoms in total. The van der Waals surface area contributed by atoms with Gasteiger partial charge in [-0.25, -0.2) is 0 Å². The van der Waals surface area contributed by atoms with E-state index >= 15 is 0 Å². The Kier molecular flexibility index (Phi) is 3.94. The highest BCUT2D eigenvalue weighted by atomic mass is 15.1. The number of hydrogen-bond acceptors (Lipinski definition) is 3. The van der Waals surface area contributed by atoms with E-state index in [-0.39, 0.29) is 1.43 Å². The topological polar surface area (TPSA) is 53.6 Å². The standard InChI is InChI=1S/C21H20N4.H2/c1-3-4-15(12-22-2)19-9-7-18-17(6-10-21(18)24-19)14-5-8-20-16(11-14)13-23-25-20;/h3-9,11-13,22H,10H2,1-2H3,(H,23,25);1H/b4-3+,15-12+;. The Morgan fingerprint density at radius 1 is 1.28 bits per heavy atom. The Bertz CT molecular complexity index is 1030. The average Bonchev–Trinajstić information content (AvgIpc) is 3.26. The van der Waals surface area contributed by atoms with Gasteiger partial charge in [-0.3, -0.25) is 10.1 Å². The van der Waals surface area contributed by atoms with Crippen molar-refractivity contribution in [2.75, 3.05) is 7.05 Å². The van der Waals surface area contributed by atoms with E-state index in [9.17, 15) is 0 Å². The normalized spacial score (nSPS) is 14.2. The van der Waals surface area contributed by atoms with Gasteiger partial charge in [-0.05, 0) is 36.3 Å². The van der Waals surface area contributed by atoms with E-state index in [1.165, 1.54) is 16.7 Å². The number of nitrogens with one attached hydrogen (secondary N) is 2. The van der Waals surface area contributed by atoms with Crippen molar-refractivity contribution in [2.45, 2.75) is 13.3 Å². The molecule has 0 unspecified atom stereocenters. The van der Waals surface area contributed by atoms with Crippen molar-refractivity contribution in [2.24, 2.45) is 0 Å². The predicted octanol–water partition coefficient (Wildman–Crippen LogP) is 4.33. The molecule has 0 amide bonds. The maximum atomic E-state index is 4.89. The van der Waals surface area contributed by atoms with E-state index in [0.29, 0.717) is 0 Å². The minimum absolute atomic E-state index is 0. The van der Waals surface area contributed by atoms with Crippen LogP contribution in [0.5, 0.6) is 0 Å². The summed E-state index contributed by atoms with van der Waals surface area (Å²) in [5.41, 5.74) is 7.95. The zero-order chi connectivity index (χ0) is 17.2. The third kappa shape index (κ3) is 2.76. The minimum Gasteiger partial charge on any atom is -0.393 e. The summed E-state index contributed by atoms with van der Waals surface area (Å²) in [6.45, 7) is 2.02. The van der Waals surface area contributed by atoms with Gasteiger partial charge in [0.25, 0.3) is 0 Å². The van der Waals surface area contributed by atoms with E-state index < -0.39 is 0 Å². The first-order chi connectivity index (χ1) is 12.3. The number of aromatic amines is 1. The number of hydrogen-bond donors (Lipinski definition) is 2. The van der Waals surface area contributed by atoms with Crippen LogP contribution in [-0.2, 0) is 6.42 Å². The van der Waals surface area contributed by atoms with Crippen LogP contribution in [0.3, 0.4) is 0 Å². The molecule has 0 saturated carbocycles. The van der Waals surface area contributed by atoms with E-state index in [2.05, 4.69) is 58.0 Å². The monoisotopic (exact) mass is 330 g/mol. The number of benzene rings is 1. The predicted molar refractivity (Wildman–Crippen MR) is 105 cm³/mol. The van der Waals surface area contributed by atoms with Crippen LogP contribution in [0.4, 0.5) is 0 Å². The molecular weight excluding hydrogens is 308 g/mol. The van der Waals surface area contributed by atoms with Crippen LogP contribution < -0.4 is 5.32 Å². The number of pyridine rings is 1. The van der Waals surface area contributed by atoms with E-state index in [0.717, 1.165) is 34.3 Å². The molecule has 4 rings (SSSR count). The molecule has 2 heterocycles. The van der Waals surface area contributed by atoms with Gasteiger partial charge in [0, 0.05) is 37.6 Å². The third-order valence-corrected chi connectivity index (χ3v) is 4.46. The maximum Gasteiger partial charge on any atom is 0.0720 e. The van der Waals surface area contributed by atoms with Gasteiger partial charge < -0.3 is 5.32 Å². The molecule has 25 heavy (non-hydrogen) atoms. The van der Waals surface area contributed by atoms with E-state index in [1.807, 2.05) is 32.4 Å². The fourth-order valence-electron chi connectivity index (χ4n) is 3.30. The second kappa shape index (κ2) is 6.40. The SMILES string of the molecule is C/C=C/C(=C\NC)c1ccc2c(n1)CC=C2c1ccc2[nH]ncc2c1.[HH]. The number of aromatic nitrogens is 3. The molecule has 2 N–H and O–H groups in total. The van der Waals surface area contributed by atoms with Crippen molar-refractivity contribution in [3.63, 3.8) is 0 Å². The molecule has 1 aromatic carbocycles. The van der Waals surface area contributed by atoms with Crippen molar-refractivity contribution in [3.8, 4) is 0 Å². The summed E-state index contributed by atoms with van der Waals surface area (Å²) in [7, 11) is 1.91. The minimum atomic E-state index is 0. The second-order valence-electron chi connectivity index (χ2n) is 6.07. The largest absolute Gasteiger partial charge is 0.393 e. The van der Waals surface area contributed by atoms with Gasteiger partial charge in [-0.15, -0.1) is 0 Å². The molecule has 1 aliphatic rings. The number of allylic oxidation sites excluding steroid dienone is 4. The van der Waals surface area contributed by atoms with Crippen molar-refractivity contribution in [1.29, 1.82) is 0 Å². The van der Waals surface area contributed by atoms with Gasteiger partial charge in [-0.2, -0.15) is 5.10 Å². The first kappa shape index (κ1) is 15.4. The molecule has 3 aromatic rings. The van der Waals surface area contributed by atoms with Crippen LogP contribution in [0, 0.1) is 0 Å². The van der Waals surface area contributed by atoms with Crippen LogP contribution in [-0.4, -0.2) is 22.2 Å². The smallest absolute Gasteiger partial charge is 0.0720 e. The molecule has 0 radical (unpaired) electrons. The van der Waals surface area contributed by atoms with Crippen molar-refractivity contribution < 1.29 is 1.43 Å². The summed E-state index contributed by atoms with van der Waals surface area (Å²) in [6.07, 6.45) is 11.1. The lowest BCUT2D eigenvalue weighted by atomic mass is 9.99. The van der Waals surface area contributed by atoms with Crippen molar-refractivity contribution in [3.05, 3.63) is 83.5 Å². The summed E-state index contributed by atoms with van der Waals surface area (Å²) in [5.74, 6) is 0. The van der Waals surface area contributed by atoms with Gasteiger partial charge in [0.1, 0.15) is 0 Å². The fraction of sp³-hybridized carbons (Fsp3) is 0.143. The van der Waals surface area contributed by atoms with E-state index in [4.69, 9.17) is 4.98 Å². The molecule has 0 saturated heterocycles. The molecule has 2 aromatic heterocycles. The summed E-state index contributed by atoms with van der Waals surface area (Å²) in [4.78, 5) is 4.89. The highest BCUT2D eigenvalue weighted by molar-refractivity contribution is 5.89. The number of rotatable bonds is 4. The molecular formula is C21H22N4. The summed E-state index contributed by atoms with van der Waals surface area (Å²) in [5, 5.41) is 11.3. The summed E-state index contributed by atoms with van der Waals surface area (Å²) in [6, 6.07) is 10.7. The lowest BCUT2D eigenvalue weighted by Gasteiger charge is -2.09. The maximum absolute atomic E-state index is 4.89. The number of fused-ring (bicyclic) bond motifs is 2. The van der Waals surface area contributed by atoms with Crippen LogP contribution in [0.15, 0.2) is 61.0 Å². The average molecular weight is 330 g/mol. The highest BCUT2D eigenvalue weighted by Gasteiger charge is 2.18. The van der Waals surface area contributed by atoms with Gasteiger partial charge in [0.15, 0.2) is 0 Å². The third-order valence-electron chi connectivity index (χ3n) is 4.46. The molecule has 0 atom stereocenters. The van der Waals surface area contributed by atoms with Crippen LogP contribution >= 0.6 is 0 Å². The first-order valence-electron chi connectivity index (χ1n) is 8.44. The molecule has 0 spiro atoms. The van der Waals surface area contributed by atoms with Crippen LogP contribution in [0.1, 0.15) is 30.9 Å². The van der Waals surface area contributed by atoms with Gasteiger partial charge in [0.05, 0.1) is 23.1 Å². The Labute approximate surface area is 148 Å². The molecule has 0 aliphatic heterocycles. The lowest BCUT2D eigenvalue weighted by Crippen LogP contribution is -1.99. The Hall–Kier alpha value is -3.14. The van der Waals surface area contributed by atoms with Crippen molar-refractivity contribution in [1.82, 2.24) is 20.5 Å². The van der Waals surface area contributed by atoms with Crippen LogP contribution in [0.25, 0.3) is 22.0 Å². The van der Waals surface area contributed by atoms with Gasteiger partial charge >= 0.3 is 0 Å². The zero-order valence-corrected chi connectivity index (χ0v) is 14.4. The van der Waals surface area contributed by atoms with Gasteiger partial charge in [-0.1, -0.05) is 30.4 Å². The van der Waals surface area contributed by atoms with Crippen LogP contribution in [0.2, 0.25) is 0 Å².